The average Bonchev–Trinajstić information content (AvgIpc) is 2.78. The van der Waals surface area contributed by atoms with Crippen LogP contribution in [0, 0.1) is 5.92 Å². The summed E-state index contributed by atoms with van der Waals surface area (Å²) in [7, 11) is 0. The fourth-order valence-corrected chi connectivity index (χ4v) is 2.71. The lowest BCUT2D eigenvalue weighted by atomic mass is 9.91. The van der Waals surface area contributed by atoms with Gasteiger partial charge in [-0.2, -0.15) is 0 Å². The molecule has 3 atom stereocenters. The van der Waals surface area contributed by atoms with Crippen molar-refractivity contribution in [3.05, 3.63) is 0 Å². The molecule has 1 heterocycles. The molecular formula is C13H27NO2. The van der Waals surface area contributed by atoms with E-state index >= 15 is 0 Å². The second-order valence-electron chi connectivity index (χ2n) is 4.28. The maximum Gasteiger partial charge on any atom is 0.320 e. The summed E-state index contributed by atoms with van der Waals surface area (Å²) in [5, 5.41) is 12.0. The summed E-state index contributed by atoms with van der Waals surface area (Å²) in [6.45, 7) is 10.2. The van der Waals surface area contributed by atoms with Crippen molar-refractivity contribution < 1.29 is 9.90 Å². The van der Waals surface area contributed by atoms with Crippen LogP contribution in [0.5, 0.6) is 0 Å². The third kappa shape index (κ3) is 3.21. The molecule has 96 valence electrons. The molecule has 0 aromatic carbocycles. The van der Waals surface area contributed by atoms with Crippen LogP contribution in [-0.4, -0.2) is 22.7 Å². The molecule has 1 aliphatic heterocycles. The maximum atomic E-state index is 10.7. The molecule has 2 N–H and O–H groups in total. The SMILES string of the molecule is CC.CC.C[C@]12CCC[C@H]1CC(C(=O)O)N2. The Morgan fingerprint density at radius 2 is 1.88 bits per heavy atom. The molecule has 1 saturated carbocycles. The quantitative estimate of drug-likeness (QED) is 0.726. The Labute approximate surface area is 99.6 Å². The van der Waals surface area contributed by atoms with Crippen LogP contribution in [0.25, 0.3) is 0 Å². The van der Waals surface area contributed by atoms with Crippen molar-refractivity contribution in [3.8, 4) is 0 Å². The zero-order chi connectivity index (χ0) is 12.8. The molecule has 1 unspecified atom stereocenters. The lowest BCUT2D eigenvalue weighted by Crippen LogP contribution is -2.43. The smallest absolute Gasteiger partial charge is 0.320 e. The molecule has 3 nitrogen and oxygen atoms in total. The van der Waals surface area contributed by atoms with Crippen LogP contribution in [0.3, 0.4) is 0 Å². The first-order valence-electron chi connectivity index (χ1n) is 6.62. The third-order valence-corrected chi connectivity index (χ3v) is 3.47. The van der Waals surface area contributed by atoms with E-state index in [1.54, 1.807) is 0 Å². The van der Waals surface area contributed by atoms with E-state index in [-0.39, 0.29) is 11.6 Å². The van der Waals surface area contributed by atoms with E-state index in [0.29, 0.717) is 5.92 Å². The van der Waals surface area contributed by atoms with Crippen molar-refractivity contribution in [2.24, 2.45) is 5.92 Å². The van der Waals surface area contributed by atoms with E-state index in [1.165, 1.54) is 12.8 Å². The second-order valence-corrected chi connectivity index (χ2v) is 4.28. The summed E-state index contributed by atoms with van der Waals surface area (Å²) in [5.41, 5.74) is 0.128. The normalized spacial score (nSPS) is 35.3. The highest BCUT2D eigenvalue weighted by molar-refractivity contribution is 5.74. The van der Waals surface area contributed by atoms with Gasteiger partial charge in [0.25, 0.3) is 0 Å². The van der Waals surface area contributed by atoms with Crippen molar-refractivity contribution in [3.63, 3.8) is 0 Å². The minimum Gasteiger partial charge on any atom is -0.480 e. The topological polar surface area (TPSA) is 49.3 Å². The maximum absolute atomic E-state index is 10.7. The van der Waals surface area contributed by atoms with E-state index < -0.39 is 5.97 Å². The number of carboxylic acid groups (broad SMARTS) is 1. The standard InChI is InChI=1S/C9H15NO2.2C2H6/c1-9-4-2-3-6(9)5-7(10-9)8(11)12;2*1-2/h6-7,10H,2-5H2,1H3,(H,11,12);2*1-2H3/t6-,7?,9-;;/m0../s1. The van der Waals surface area contributed by atoms with Crippen LogP contribution in [0.1, 0.15) is 60.3 Å². The van der Waals surface area contributed by atoms with E-state index in [0.717, 1.165) is 12.8 Å². The minimum absolute atomic E-state index is 0.128. The molecular weight excluding hydrogens is 202 g/mol. The molecule has 0 radical (unpaired) electrons. The molecule has 0 aromatic rings. The molecule has 0 amide bonds. The Hall–Kier alpha value is -0.570. The Morgan fingerprint density at radius 1 is 1.31 bits per heavy atom. The van der Waals surface area contributed by atoms with Gasteiger partial charge in [0.15, 0.2) is 0 Å². The summed E-state index contributed by atoms with van der Waals surface area (Å²) >= 11 is 0. The van der Waals surface area contributed by atoms with E-state index in [9.17, 15) is 4.79 Å². The first-order valence-corrected chi connectivity index (χ1v) is 6.62. The van der Waals surface area contributed by atoms with Crippen molar-refractivity contribution in [2.75, 3.05) is 0 Å². The van der Waals surface area contributed by atoms with Gasteiger partial charge in [-0.15, -0.1) is 0 Å². The summed E-state index contributed by atoms with van der Waals surface area (Å²) in [6, 6.07) is -0.291. The van der Waals surface area contributed by atoms with Gasteiger partial charge in [-0.25, -0.2) is 0 Å². The number of carboxylic acids is 1. The second kappa shape index (κ2) is 6.89. The fraction of sp³-hybridized carbons (Fsp3) is 0.923. The zero-order valence-electron chi connectivity index (χ0n) is 11.3. The molecule has 0 spiro atoms. The summed E-state index contributed by atoms with van der Waals surface area (Å²) < 4.78 is 0. The van der Waals surface area contributed by atoms with Gasteiger partial charge in [-0.1, -0.05) is 34.1 Å². The first kappa shape index (κ1) is 15.4. The number of fused-ring (bicyclic) bond motifs is 1. The lowest BCUT2D eigenvalue weighted by Gasteiger charge is -2.24. The molecule has 2 fully saturated rings. The molecule has 3 heteroatoms. The van der Waals surface area contributed by atoms with E-state index in [2.05, 4.69) is 12.2 Å². The van der Waals surface area contributed by atoms with E-state index in [1.807, 2.05) is 27.7 Å². The Kier molecular flexibility index (Phi) is 6.65. The first-order chi connectivity index (χ1) is 7.62. The Morgan fingerprint density at radius 3 is 2.31 bits per heavy atom. The molecule has 2 aliphatic rings. The number of hydrogen-bond acceptors (Lipinski definition) is 2. The summed E-state index contributed by atoms with van der Waals surface area (Å²) in [5.74, 6) is -0.0933. The van der Waals surface area contributed by atoms with Gasteiger partial charge in [0.1, 0.15) is 6.04 Å². The molecule has 16 heavy (non-hydrogen) atoms. The van der Waals surface area contributed by atoms with Gasteiger partial charge < -0.3 is 5.11 Å². The van der Waals surface area contributed by atoms with E-state index in [4.69, 9.17) is 5.11 Å². The van der Waals surface area contributed by atoms with Gasteiger partial charge in [0.2, 0.25) is 0 Å². The predicted molar refractivity (Wildman–Crippen MR) is 67.6 cm³/mol. The fourth-order valence-electron chi connectivity index (χ4n) is 2.71. The van der Waals surface area contributed by atoms with Gasteiger partial charge in [-0.3, -0.25) is 10.1 Å². The van der Waals surface area contributed by atoms with Crippen LogP contribution in [0.2, 0.25) is 0 Å². The van der Waals surface area contributed by atoms with Crippen LogP contribution < -0.4 is 5.32 Å². The zero-order valence-corrected chi connectivity index (χ0v) is 11.3. The van der Waals surface area contributed by atoms with Crippen molar-refractivity contribution >= 4 is 5.97 Å². The van der Waals surface area contributed by atoms with Crippen LogP contribution in [0.4, 0.5) is 0 Å². The molecule has 1 saturated heterocycles. The third-order valence-electron chi connectivity index (χ3n) is 3.47. The van der Waals surface area contributed by atoms with Crippen LogP contribution in [-0.2, 0) is 4.79 Å². The van der Waals surface area contributed by atoms with Gasteiger partial charge in [0.05, 0.1) is 0 Å². The summed E-state index contributed by atoms with van der Waals surface area (Å²) in [6.07, 6.45) is 4.42. The molecule has 0 aromatic heterocycles. The van der Waals surface area contributed by atoms with Crippen molar-refractivity contribution in [1.29, 1.82) is 0 Å². The van der Waals surface area contributed by atoms with Crippen LogP contribution >= 0.6 is 0 Å². The summed E-state index contributed by atoms with van der Waals surface area (Å²) in [4.78, 5) is 10.7. The van der Waals surface area contributed by atoms with Gasteiger partial charge in [-0.05, 0) is 32.1 Å². The van der Waals surface area contributed by atoms with Crippen molar-refractivity contribution in [1.82, 2.24) is 5.32 Å². The number of carbonyl (C=O) groups is 1. The van der Waals surface area contributed by atoms with Gasteiger partial charge >= 0.3 is 5.97 Å². The van der Waals surface area contributed by atoms with Crippen molar-refractivity contribution in [2.45, 2.75) is 71.9 Å². The number of rotatable bonds is 1. The van der Waals surface area contributed by atoms with Crippen LogP contribution in [0.15, 0.2) is 0 Å². The Bertz CT molecular complexity index is 218. The van der Waals surface area contributed by atoms with Gasteiger partial charge in [0, 0.05) is 5.54 Å². The highest BCUT2D eigenvalue weighted by atomic mass is 16.4. The molecule has 0 bridgehead atoms. The number of hydrogen-bond donors (Lipinski definition) is 2. The number of aliphatic carboxylic acids is 1. The molecule has 2 rings (SSSR count). The average molecular weight is 229 g/mol. The predicted octanol–water partition coefficient (Wildman–Crippen LogP) is 3.04. The largest absolute Gasteiger partial charge is 0.480 e. The molecule has 1 aliphatic carbocycles. The lowest BCUT2D eigenvalue weighted by molar-refractivity contribution is -0.139. The highest BCUT2D eigenvalue weighted by Gasteiger charge is 2.48. The highest BCUT2D eigenvalue weighted by Crippen LogP contribution is 2.43. The Balaban J connectivity index is 0.000000509. The monoisotopic (exact) mass is 229 g/mol. The number of nitrogens with one attached hydrogen (secondary N) is 1. The minimum atomic E-state index is -0.689.